The fourth-order valence-electron chi connectivity index (χ4n) is 2.28. The molecule has 0 aliphatic carbocycles. The van der Waals surface area contributed by atoms with Crippen LogP contribution in [0.25, 0.3) is 11.4 Å². The lowest BCUT2D eigenvalue weighted by Crippen LogP contribution is -2.35. The molecule has 112 valence electrons. The van der Waals surface area contributed by atoms with E-state index in [2.05, 4.69) is 31.5 Å². The highest BCUT2D eigenvalue weighted by molar-refractivity contribution is 9.10. The van der Waals surface area contributed by atoms with E-state index in [1.54, 1.807) is 4.68 Å². The molecule has 0 spiro atoms. The molecular weight excluding hydrogens is 336 g/mol. The van der Waals surface area contributed by atoms with Gasteiger partial charge in [0, 0.05) is 10.0 Å². The lowest BCUT2D eigenvalue weighted by molar-refractivity contribution is -0.150. The Bertz CT molecular complexity index is 637. The minimum Gasteiger partial charge on any atom is -0.481 e. The third-order valence-corrected chi connectivity index (χ3v) is 4.37. The second-order valence-electron chi connectivity index (χ2n) is 4.96. The zero-order chi connectivity index (χ0) is 15.5. The third-order valence-electron chi connectivity index (χ3n) is 3.87. The number of hydrogen-bond acceptors (Lipinski definition) is 4. The molecule has 1 aromatic heterocycles. The zero-order valence-electron chi connectivity index (χ0n) is 12.0. The maximum absolute atomic E-state index is 11.6. The zero-order valence-corrected chi connectivity index (χ0v) is 13.5. The van der Waals surface area contributed by atoms with Gasteiger partial charge in [-0.3, -0.25) is 4.79 Å². The predicted molar refractivity (Wildman–Crippen MR) is 81.6 cm³/mol. The summed E-state index contributed by atoms with van der Waals surface area (Å²) in [5.41, 5.74) is -0.00302. The van der Waals surface area contributed by atoms with E-state index in [4.69, 9.17) is 0 Å². The first-order valence-corrected chi connectivity index (χ1v) is 7.57. The van der Waals surface area contributed by atoms with Gasteiger partial charge in [0.25, 0.3) is 0 Å². The number of aromatic nitrogens is 4. The molecule has 0 saturated heterocycles. The van der Waals surface area contributed by atoms with E-state index in [0.29, 0.717) is 18.7 Å². The predicted octanol–water partition coefficient (Wildman–Crippen LogP) is 2.99. The van der Waals surface area contributed by atoms with E-state index in [0.717, 1.165) is 10.0 Å². The Balaban J connectivity index is 2.39. The van der Waals surface area contributed by atoms with E-state index in [1.807, 2.05) is 38.1 Å². The smallest absolute Gasteiger partial charge is 0.311 e. The molecule has 2 aromatic rings. The second kappa shape index (κ2) is 6.34. The van der Waals surface area contributed by atoms with E-state index < -0.39 is 11.4 Å². The number of rotatable bonds is 6. The van der Waals surface area contributed by atoms with Gasteiger partial charge in [-0.2, -0.15) is 0 Å². The van der Waals surface area contributed by atoms with Crippen LogP contribution >= 0.6 is 15.9 Å². The summed E-state index contributed by atoms with van der Waals surface area (Å²) in [6.07, 6.45) is 1.05. The van der Waals surface area contributed by atoms with Crippen LogP contribution in [0.5, 0.6) is 0 Å². The van der Waals surface area contributed by atoms with Gasteiger partial charge < -0.3 is 5.11 Å². The molecule has 7 heteroatoms. The maximum Gasteiger partial charge on any atom is 0.311 e. The van der Waals surface area contributed by atoms with Gasteiger partial charge >= 0.3 is 5.97 Å². The van der Waals surface area contributed by atoms with Crippen molar-refractivity contribution in [2.24, 2.45) is 5.41 Å². The quantitative estimate of drug-likeness (QED) is 0.864. The third kappa shape index (κ3) is 3.12. The first-order valence-electron chi connectivity index (χ1n) is 6.78. The van der Waals surface area contributed by atoms with Crippen molar-refractivity contribution in [3.8, 4) is 11.4 Å². The lowest BCUT2D eigenvalue weighted by atomic mass is 9.82. The molecule has 2 rings (SSSR count). The minimum absolute atomic E-state index is 0.254. The van der Waals surface area contributed by atoms with Crippen LogP contribution in [0.15, 0.2) is 28.7 Å². The highest BCUT2D eigenvalue weighted by Crippen LogP contribution is 2.30. The van der Waals surface area contributed by atoms with Crippen LogP contribution in [0.1, 0.15) is 26.7 Å². The van der Waals surface area contributed by atoms with Crippen LogP contribution in [-0.2, 0) is 11.3 Å². The molecule has 1 heterocycles. The summed E-state index contributed by atoms with van der Waals surface area (Å²) in [5.74, 6) is -0.244. The van der Waals surface area contributed by atoms with Crippen LogP contribution < -0.4 is 0 Å². The first kappa shape index (κ1) is 15.6. The van der Waals surface area contributed by atoms with Gasteiger partial charge in [-0.1, -0.05) is 41.9 Å². The standard InChI is InChI=1S/C14H17BrN4O2/c1-3-14(4-2,13(20)21)9-19-12(16-17-18-19)10-6-5-7-11(15)8-10/h5-8H,3-4,9H2,1-2H3,(H,20,21). The molecule has 0 aliphatic rings. The Morgan fingerprint density at radius 2 is 2.10 bits per heavy atom. The highest BCUT2D eigenvalue weighted by Gasteiger charge is 2.36. The molecule has 0 aliphatic heterocycles. The minimum atomic E-state index is -0.851. The van der Waals surface area contributed by atoms with E-state index in [9.17, 15) is 9.90 Å². The molecule has 0 saturated carbocycles. The fourth-order valence-corrected chi connectivity index (χ4v) is 2.68. The summed E-state index contributed by atoms with van der Waals surface area (Å²) in [4.78, 5) is 11.6. The van der Waals surface area contributed by atoms with Gasteiger partial charge in [0.1, 0.15) is 0 Å². The normalized spacial score (nSPS) is 11.6. The van der Waals surface area contributed by atoms with Gasteiger partial charge in [-0.15, -0.1) is 5.10 Å². The average molecular weight is 353 g/mol. The second-order valence-corrected chi connectivity index (χ2v) is 5.88. The molecule has 6 nitrogen and oxygen atoms in total. The topological polar surface area (TPSA) is 80.9 Å². The van der Waals surface area contributed by atoms with Crippen LogP contribution in [-0.4, -0.2) is 31.3 Å². The van der Waals surface area contributed by atoms with Crippen molar-refractivity contribution in [1.29, 1.82) is 0 Å². The van der Waals surface area contributed by atoms with Crippen molar-refractivity contribution in [1.82, 2.24) is 20.2 Å². The number of hydrogen-bond donors (Lipinski definition) is 1. The van der Waals surface area contributed by atoms with E-state index >= 15 is 0 Å². The number of tetrazole rings is 1. The van der Waals surface area contributed by atoms with Crippen molar-refractivity contribution < 1.29 is 9.90 Å². The number of halogens is 1. The highest BCUT2D eigenvalue weighted by atomic mass is 79.9. The van der Waals surface area contributed by atoms with Crippen molar-refractivity contribution in [3.05, 3.63) is 28.7 Å². The average Bonchev–Trinajstić information content (AvgIpc) is 2.92. The summed E-state index contributed by atoms with van der Waals surface area (Å²) in [6.45, 7) is 4.01. The van der Waals surface area contributed by atoms with Gasteiger partial charge in [0.2, 0.25) is 0 Å². The monoisotopic (exact) mass is 352 g/mol. The summed E-state index contributed by atoms with van der Waals surface area (Å²) in [7, 11) is 0. The van der Waals surface area contributed by atoms with Gasteiger partial charge in [0.05, 0.1) is 12.0 Å². The van der Waals surface area contributed by atoms with Crippen molar-refractivity contribution >= 4 is 21.9 Å². The molecule has 1 N–H and O–H groups in total. The number of nitrogens with zero attached hydrogens (tertiary/aromatic N) is 4. The Hall–Kier alpha value is -1.76. The van der Waals surface area contributed by atoms with Gasteiger partial charge in [-0.05, 0) is 35.4 Å². The molecular formula is C14H17BrN4O2. The summed E-state index contributed by atoms with van der Waals surface area (Å²) in [5, 5.41) is 21.2. The van der Waals surface area contributed by atoms with Gasteiger partial charge in [-0.25, -0.2) is 4.68 Å². The number of carbonyl (C=O) groups is 1. The Labute approximate surface area is 131 Å². The molecule has 0 amide bonds. The largest absolute Gasteiger partial charge is 0.481 e. The molecule has 0 bridgehead atoms. The number of benzene rings is 1. The first-order chi connectivity index (χ1) is 10.0. The van der Waals surface area contributed by atoms with E-state index in [-0.39, 0.29) is 6.54 Å². The number of carboxylic acids is 1. The number of carboxylic acid groups (broad SMARTS) is 1. The molecule has 1 aromatic carbocycles. The van der Waals surface area contributed by atoms with E-state index in [1.165, 1.54) is 0 Å². The van der Waals surface area contributed by atoms with Crippen LogP contribution in [0.3, 0.4) is 0 Å². The van der Waals surface area contributed by atoms with Crippen LogP contribution in [0.2, 0.25) is 0 Å². The molecule has 0 atom stereocenters. The maximum atomic E-state index is 11.6. The molecule has 0 unspecified atom stereocenters. The van der Waals surface area contributed by atoms with Crippen molar-refractivity contribution in [3.63, 3.8) is 0 Å². The van der Waals surface area contributed by atoms with Crippen molar-refractivity contribution in [2.75, 3.05) is 0 Å². The Morgan fingerprint density at radius 1 is 1.38 bits per heavy atom. The molecule has 0 radical (unpaired) electrons. The number of aliphatic carboxylic acids is 1. The summed E-state index contributed by atoms with van der Waals surface area (Å²) < 4.78 is 2.49. The Morgan fingerprint density at radius 3 is 2.67 bits per heavy atom. The fraction of sp³-hybridized carbons (Fsp3) is 0.429. The summed E-state index contributed by atoms with van der Waals surface area (Å²) in [6, 6.07) is 7.61. The van der Waals surface area contributed by atoms with Gasteiger partial charge in [0.15, 0.2) is 5.82 Å². The van der Waals surface area contributed by atoms with Crippen LogP contribution in [0, 0.1) is 5.41 Å². The van der Waals surface area contributed by atoms with Crippen LogP contribution in [0.4, 0.5) is 0 Å². The Kier molecular flexibility index (Phi) is 4.72. The lowest BCUT2D eigenvalue weighted by Gasteiger charge is -2.26. The van der Waals surface area contributed by atoms with Crippen molar-refractivity contribution in [2.45, 2.75) is 33.2 Å². The molecule has 0 fully saturated rings. The SMILES string of the molecule is CCC(CC)(Cn1nnnc1-c1cccc(Br)c1)C(=O)O. The molecule has 21 heavy (non-hydrogen) atoms. The summed E-state index contributed by atoms with van der Waals surface area (Å²) >= 11 is 3.41.